The summed E-state index contributed by atoms with van der Waals surface area (Å²) in [6, 6.07) is 20.2. The summed E-state index contributed by atoms with van der Waals surface area (Å²) in [5.41, 5.74) is 2.40. The number of piperidine rings is 1. The molecule has 1 atom stereocenters. The number of hydrogen-bond acceptors (Lipinski definition) is 8. The highest BCUT2D eigenvalue weighted by Gasteiger charge is 2.32. The Morgan fingerprint density at radius 2 is 1.85 bits per heavy atom. The third-order valence-corrected chi connectivity index (χ3v) is 10.4. The molecule has 6 rings (SSSR count). The molecule has 216 valence electrons. The van der Waals surface area contributed by atoms with Gasteiger partial charge < -0.3 is 25.4 Å². The Labute approximate surface area is 249 Å². The Morgan fingerprint density at radius 3 is 2.63 bits per heavy atom. The predicted molar refractivity (Wildman–Crippen MR) is 170 cm³/mol. The molecule has 2 saturated heterocycles. The van der Waals surface area contributed by atoms with Crippen molar-refractivity contribution in [2.45, 2.75) is 50.5 Å². The number of amides is 1. The van der Waals surface area contributed by atoms with Gasteiger partial charge in [0.15, 0.2) is 5.13 Å². The van der Waals surface area contributed by atoms with E-state index in [9.17, 15) is 9.90 Å². The number of hydrogen-bond donors (Lipinski definition) is 3. The topological polar surface area (TPSA) is 86.7 Å². The molecule has 2 aliphatic heterocycles. The molecule has 1 amide bonds. The molecule has 41 heavy (non-hydrogen) atoms. The summed E-state index contributed by atoms with van der Waals surface area (Å²) in [6.07, 6.45) is 6.84. The van der Waals surface area contributed by atoms with Crippen LogP contribution in [0.5, 0.6) is 0 Å². The molecule has 9 heteroatoms. The lowest BCUT2D eigenvalue weighted by atomic mass is 9.85. The molecule has 0 radical (unpaired) electrons. The van der Waals surface area contributed by atoms with Crippen molar-refractivity contribution in [1.82, 2.24) is 4.98 Å². The van der Waals surface area contributed by atoms with E-state index >= 15 is 0 Å². The first-order valence-electron chi connectivity index (χ1n) is 14.7. The van der Waals surface area contributed by atoms with Crippen molar-refractivity contribution in [3.63, 3.8) is 0 Å². The van der Waals surface area contributed by atoms with Crippen LogP contribution < -0.4 is 15.5 Å². The number of nitrogens with zero attached hydrogens (tertiary/aromatic N) is 2. The lowest BCUT2D eigenvalue weighted by Gasteiger charge is -2.39. The highest BCUT2D eigenvalue weighted by Crippen LogP contribution is 2.34. The summed E-state index contributed by atoms with van der Waals surface area (Å²) >= 11 is 3.05. The van der Waals surface area contributed by atoms with Gasteiger partial charge in [-0.05, 0) is 80.3 Å². The average molecular weight is 591 g/mol. The lowest BCUT2D eigenvalue weighted by Crippen LogP contribution is -2.45. The van der Waals surface area contributed by atoms with Gasteiger partial charge in [-0.15, -0.1) is 11.3 Å². The number of thiophene rings is 1. The second-order valence-electron chi connectivity index (χ2n) is 11.3. The maximum atomic E-state index is 13.0. The maximum absolute atomic E-state index is 13.0. The van der Waals surface area contributed by atoms with Crippen LogP contribution in [0.3, 0.4) is 0 Å². The van der Waals surface area contributed by atoms with E-state index in [1.807, 2.05) is 48.5 Å². The van der Waals surface area contributed by atoms with Gasteiger partial charge in [-0.1, -0.05) is 41.7 Å². The second kappa shape index (κ2) is 12.9. The molecule has 2 aromatic heterocycles. The summed E-state index contributed by atoms with van der Waals surface area (Å²) in [6.45, 7) is 4.31. The molecular weight excluding hydrogens is 553 g/mol. The van der Waals surface area contributed by atoms with E-state index < -0.39 is 5.60 Å². The largest absolute Gasteiger partial charge is 0.389 e. The number of aliphatic hydroxyl groups is 1. The van der Waals surface area contributed by atoms with Crippen LogP contribution >= 0.6 is 22.7 Å². The predicted octanol–water partition coefficient (Wildman–Crippen LogP) is 6.80. The zero-order valence-electron chi connectivity index (χ0n) is 23.3. The van der Waals surface area contributed by atoms with E-state index in [1.54, 1.807) is 11.3 Å². The van der Waals surface area contributed by atoms with Gasteiger partial charge in [0.1, 0.15) is 4.83 Å². The quantitative estimate of drug-likeness (QED) is 0.199. The van der Waals surface area contributed by atoms with Gasteiger partial charge in [-0.25, -0.2) is 4.98 Å². The average Bonchev–Trinajstić information content (AvgIpc) is 3.44. The monoisotopic (exact) mass is 590 g/mol. The van der Waals surface area contributed by atoms with Crippen molar-refractivity contribution in [2.75, 3.05) is 48.4 Å². The molecule has 0 bridgehead atoms. The van der Waals surface area contributed by atoms with Crippen molar-refractivity contribution >= 4 is 54.6 Å². The summed E-state index contributed by atoms with van der Waals surface area (Å²) in [5.74, 6) is 0.613. The zero-order chi connectivity index (χ0) is 28.1. The Morgan fingerprint density at radius 1 is 1.05 bits per heavy atom. The SMILES string of the molecule is O=C(Nc1ccc(N2CCC(O)(Cc3ccccc3)CC2)cc1)c1cc2sc(NCCC3CCCOCC3)nc2s1. The smallest absolute Gasteiger partial charge is 0.265 e. The lowest BCUT2D eigenvalue weighted by molar-refractivity contribution is 0.0165. The number of fused-ring (bicyclic) bond motifs is 1. The van der Waals surface area contributed by atoms with Crippen molar-refractivity contribution in [3.8, 4) is 0 Å². The van der Waals surface area contributed by atoms with Crippen LogP contribution in [-0.4, -0.2) is 54.4 Å². The van der Waals surface area contributed by atoms with Gasteiger partial charge in [0.2, 0.25) is 0 Å². The van der Waals surface area contributed by atoms with E-state index in [1.165, 1.54) is 23.3 Å². The molecule has 2 aliphatic rings. The van der Waals surface area contributed by atoms with Crippen molar-refractivity contribution in [2.24, 2.45) is 5.92 Å². The highest BCUT2D eigenvalue weighted by molar-refractivity contribution is 7.29. The number of thiazole rings is 1. The first-order valence-corrected chi connectivity index (χ1v) is 16.3. The van der Waals surface area contributed by atoms with Gasteiger partial charge >= 0.3 is 0 Å². The Balaban J connectivity index is 0.981. The van der Waals surface area contributed by atoms with E-state index in [2.05, 4.69) is 27.7 Å². The van der Waals surface area contributed by atoms with E-state index in [0.717, 1.165) is 96.9 Å². The fraction of sp³-hybridized carbons (Fsp3) is 0.438. The number of anilines is 3. The normalized spacial score (nSPS) is 19.1. The highest BCUT2D eigenvalue weighted by atomic mass is 32.1. The van der Waals surface area contributed by atoms with Crippen LogP contribution in [0.25, 0.3) is 9.53 Å². The molecule has 2 fully saturated rings. The van der Waals surface area contributed by atoms with Gasteiger partial charge in [-0.2, -0.15) is 0 Å². The summed E-state index contributed by atoms with van der Waals surface area (Å²) in [5, 5.41) is 18.5. The molecular formula is C32H38N4O3S2. The number of aromatic nitrogens is 1. The van der Waals surface area contributed by atoms with E-state index in [0.29, 0.717) is 11.3 Å². The van der Waals surface area contributed by atoms with E-state index in [-0.39, 0.29) is 5.91 Å². The van der Waals surface area contributed by atoms with Gasteiger partial charge in [0.25, 0.3) is 5.91 Å². The van der Waals surface area contributed by atoms with Gasteiger partial charge in [0.05, 0.1) is 15.2 Å². The molecule has 0 saturated carbocycles. The molecule has 3 N–H and O–H groups in total. The van der Waals surface area contributed by atoms with Crippen LogP contribution in [0.15, 0.2) is 60.7 Å². The minimum absolute atomic E-state index is 0.109. The summed E-state index contributed by atoms with van der Waals surface area (Å²) in [4.78, 5) is 21.6. The minimum Gasteiger partial charge on any atom is -0.389 e. The Bertz CT molecular complexity index is 1390. The molecule has 0 spiro atoms. The molecule has 0 aliphatic carbocycles. The van der Waals surface area contributed by atoms with Gasteiger partial charge in [-0.3, -0.25) is 4.79 Å². The van der Waals surface area contributed by atoms with Crippen molar-refractivity contribution in [1.29, 1.82) is 0 Å². The molecule has 4 heterocycles. The van der Waals surface area contributed by atoms with Gasteiger partial charge in [0, 0.05) is 50.6 Å². The third-order valence-electron chi connectivity index (χ3n) is 8.27. The first kappa shape index (κ1) is 28.2. The number of benzene rings is 2. The van der Waals surface area contributed by atoms with Crippen LogP contribution in [-0.2, 0) is 11.2 Å². The second-order valence-corrected chi connectivity index (χ2v) is 13.4. The molecule has 7 nitrogen and oxygen atoms in total. The summed E-state index contributed by atoms with van der Waals surface area (Å²) in [7, 11) is 0. The molecule has 2 aromatic carbocycles. The maximum Gasteiger partial charge on any atom is 0.265 e. The Hall–Kier alpha value is -2.98. The summed E-state index contributed by atoms with van der Waals surface area (Å²) < 4.78 is 6.61. The minimum atomic E-state index is -0.657. The Kier molecular flexibility index (Phi) is 8.86. The number of rotatable bonds is 9. The standard InChI is InChI=1S/C32H38N4O3S2/c37-29(27-21-28-30(40-27)35-31(41-28)33-16-12-23-7-4-19-39-20-13-23)34-25-8-10-26(11-9-25)36-17-14-32(38,15-18-36)22-24-5-2-1-3-6-24/h1-3,5-6,8-11,21,23,38H,4,7,12-20,22H2,(H,33,35)(H,34,37). The van der Waals surface area contributed by atoms with Crippen LogP contribution in [0.2, 0.25) is 0 Å². The fourth-order valence-electron chi connectivity index (χ4n) is 5.85. The molecule has 1 unspecified atom stereocenters. The van der Waals surface area contributed by atoms with Crippen molar-refractivity contribution < 1.29 is 14.6 Å². The van der Waals surface area contributed by atoms with E-state index in [4.69, 9.17) is 9.72 Å². The van der Waals surface area contributed by atoms with Crippen LogP contribution in [0, 0.1) is 5.92 Å². The van der Waals surface area contributed by atoms with Crippen molar-refractivity contribution in [3.05, 3.63) is 71.1 Å². The number of carbonyl (C=O) groups is 1. The number of carbonyl (C=O) groups excluding carboxylic acids is 1. The molecule has 4 aromatic rings. The number of nitrogens with one attached hydrogen (secondary N) is 2. The third kappa shape index (κ3) is 7.27. The number of ether oxygens (including phenoxy) is 1. The van der Waals surface area contributed by atoms with Crippen LogP contribution in [0.1, 0.15) is 53.8 Å². The zero-order valence-corrected chi connectivity index (χ0v) is 24.9. The fourth-order valence-corrected chi connectivity index (χ4v) is 7.88. The van der Waals surface area contributed by atoms with Crippen LogP contribution in [0.4, 0.5) is 16.5 Å². The first-order chi connectivity index (χ1) is 20.0.